The molecule has 8 heteroatoms. The highest BCUT2D eigenvalue weighted by atomic mass is 32.1. The fourth-order valence-corrected chi connectivity index (χ4v) is 2.67. The van der Waals surface area contributed by atoms with Crippen LogP contribution >= 0.6 is 11.3 Å². The molecule has 1 N–H and O–H groups in total. The first-order chi connectivity index (χ1) is 11.0. The number of hydrogen-bond acceptors (Lipinski definition) is 6. The van der Waals surface area contributed by atoms with Gasteiger partial charge in [-0.25, -0.2) is 14.2 Å². The van der Waals surface area contributed by atoms with Gasteiger partial charge in [-0.15, -0.1) is 0 Å². The molecule has 0 unspecified atom stereocenters. The van der Waals surface area contributed by atoms with E-state index >= 15 is 0 Å². The zero-order chi connectivity index (χ0) is 17.0. The van der Waals surface area contributed by atoms with Crippen LogP contribution in [-0.4, -0.2) is 30.6 Å². The average molecular weight is 338 g/mol. The van der Waals surface area contributed by atoms with E-state index in [0.29, 0.717) is 10.6 Å². The van der Waals surface area contributed by atoms with Crippen LogP contribution in [0.4, 0.5) is 9.52 Å². The predicted octanol–water partition coefficient (Wildman–Crippen LogP) is 3.03. The van der Waals surface area contributed by atoms with E-state index in [1.807, 2.05) is 0 Å². The number of ether oxygens (including phenoxy) is 2. The Hall–Kier alpha value is -2.48. The van der Waals surface area contributed by atoms with Crippen LogP contribution in [0.15, 0.2) is 18.2 Å². The lowest BCUT2D eigenvalue weighted by Gasteiger charge is -2.05. The van der Waals surface area contributed by atoms with Crippen molar-refractivity contribution in [2.75, 3.05) is 19.0 Å². The number of anilines is 1. The number of methoxy groups -OCH3 is 1. The Bertz CT molecular complexity index is 745. The van der Waals surface area contributed by atoms with Gasteiger partial charge in [0.1, 0.15) is 4.88 Å². The van der Waals surface area contributed by atoms with E-state index in [1.54, 1.807) is 13.8 Å². The van der Waals surface area contributed by atoms with E-state index in [4.69, 9.17) is 9.47 Å². The van der Waals surface area contributed by atoms with Gasteiger partial charge in [-0.05, 0) is 32.0 Å². The number of hydrogen-bond donors (Lipinski definition) is 1. The minimum absolute atomic E-state index is 0.0521. The third-order valence-electron chi connectivity index (χ3n) is 2.89. The predicted molar refractivity (Wildman–Crippen MR) is 83.7 cm³/mol. The van der Waals surface area contributed by atoms with E-state index in [9.17, 15) is 14.0 Å². The second-order valence-corrected chi connectivity index (χ2v) is 5.46. The summed E-state index contributed by atoms with van der Waals surface area (Å²) in [6.45, 7) is 3.60. The third kappa shape index (κ3) is 3.84. The molecule has 0 aliphatic rings. The van der Waals surface area contributed by atoms with Gasteiger partial charge in [0.25, 0.3) is 5.91 Å². The third-order valence-corrected chi connectivity index (χ3v) is 3.94. The molecule has 1 heterocycles. The summed E-state index contributed by atoms with van der Waals surface area (Å²) < 4.78 is 23.3. The molecule has 0 aliphatic carbocycles. The molecule has 0 aliphatic heterocycles. The van der Waals surface area contributed by atoms with Crippen molar-refractivity contribution in [1.82, 2.24) is 4.98 Å². The summed E-state index contributed by atoms with van der Waals surface area (Å²) in [6.07, 6.45) is 0. The summed E-state index contributed by atoms with van der Waals surface area (Å²) in [5.74, 6) is -1.60. The van der Waals surface area contributed by atoms with Crippen LogP contribution in [0.1, 0.15) is 32.6 Å². The second-order valence-electron chi connectivity index (χ2n) is 4.46. The van der Waals surface area contributed by atoms with Crippen molar-refractivity contribution >= 4 is 28.3 Å². The number of nitrogens with zero attached hydrogens (tertiary/aromatic N) is 1. The van der Waals surface area contributed by atoms with Crippen LogP contribution in [0.25, 0.3) is 0 Å². The minimum Gasteiger partial charge on any atom is -0.494 e. The van der Waals surface area contributed by atoms with Gasteiger partial charge in [-0.2, -0.15) is 0 Å². The van der Waals surface area contributed by atoms with Crippen molar-refractivity contribution in [3.8, 4) is 5.75 Å². The minimum atomic E-state index is -0.636. The molecule has 0 fully saturated rings. The first-order valence-electron chi connectivity index (χ1n) is 6.75. The number of aromatic nitrogens is 1. The van der Waals surface area contributed by atoms with Crippen LogP contribution in [0, 0.1) is 12.7 Å². The Morgan fingerprint density at radius 1 is 1.39 bits per heavy atom. The summed E-state index contributed by atoms with van der Waals surface area (Å²) in [7, 11) is 1.34. The van der Waals surface area contributed by atoms with Gasteiger partial charge in [0.2, 0.25) is 0 Å². The van der Waals surface area contributed by atoms with Gasteiger partial charge in [-0.1, -0.05) is 11.3 Å². The first kappa shape index (κ1) is 16.9. The molecule has 1 amide bonds. The van der Waals surface area contributed by atoms with Gasteiger partial charge in [0.15, 0.2) is 16.7 Å². The number of aryl methyl sites for hydroxylation is 1. The summed E-state index contributed by atoms with van der Waals surface area (Å²) in [4.78, 5) is 28.3. The van der Waals surface area contributed by atoms with Gasteiger partial charge in [0.05, 0.1) is 19.4 Å². The fraction of sp³-hybridized carbons (Fsp3) is 0.267. The highest BCUT2D eigenvalue weighted by Crippen LogP contribution is 2.24. The number of benzene rings is 1. The maximum absolute atomic E-state index is 13.6. The Morgan fingerprint density at radius 2 is 2.13 bits per heavy atom. The van der Waals surface area contributed by atoms with Crippen molar-refractivity contribution in [2.45, 2.75) is 13.8 Å². The molecule has 0 bridgehead atoms. The number of esters is 1. The van der Waals surface area contributed by atoms with Crippen LogP contribution in [0.5, 0.6) is 5.75 Å². The number of carbonyl (C=O) groups is 2. The summed E-state index contributed by atoms with van der Waals surface area (Å²) in [5.41, 5.74) is 0.582. The topological polar surface area (TPSA) is 77.5 Å². The second kappa shape index (κ2) is 7.19. The number of amides is 1. The number of halogens is 1. The van der Waals surface area contributed by atoms with E-state index in [2.05, 4.69) is 10.3 Å². The highest BCUT2D eigenvalue weighted by molar-refractivity contribution is 7.17. The molecule has 0 atom stereocenters. The zero-order valence-electron chi connectivity index (χ0n) is 12.8. The van der Waals surface area contributed by atoms with Crippen molar-refractivity contribution in [2.24, 2.45) is 0 Å². The largest absolute Gasteiger partial charge is 0.494 e. The van der Waals surface area contributed by atoms with Crippen LogP contribution in [0.2, 0.25) is 0 Å². The summed E-state index contributed by atoms with van der Waals surface area (Å²) in [6, 6.07) is 3.87. The smallest absolute Gasteiger partial charge is 0.350 e. The van der Waals surface area contributed by atoms with E-state index < -0.39 is 17.7 Å². The van der Waals surface area contributed by atoms with Crippen molar-refractivity contribution in [1.29, 1.82) is 0 Å². The lowest BCUT2D eigenvalue weighted by atomic mass is 10.2. The maximum Gasteiger partial charge on any atom is 0.350 e. The van der Waals surface area contributed by atoms with E-state index in [1.165, 1.54) is 19.2 Å². The van der Waals surface area contributed by atoms with Gasteiger partial charge in [0, 0.05) is 5.56 Å². The summed E-state index contributed by atoms with van der Waals surface area (Å²) in [5, 5.41) is 2.78. The molecule has 2 aromatic rings. The number of nitrogens with one attached hydrogen (secondary N) is 1. The average Bonchev–Trinajstić information content (AvgIpc) is 2.88. The molecule has 23 heavy (non-hydrogen) atoms. The number of thiazole rings is 1. The molecule has 122 valence electrons. The van der Waals surface area contributed by atoms with E-state index in [-0.39, 0.29) is 23.1 Å². The SMILES string of the molecule is CCOC(=O)c1sc(NC(=O)c2ccc(OC)c(F)c2)nc1C. The Balaban J connectivity index is 2.16. The highest BCUT2D eigenvalue weighted by Gasteiger charge is 2.18. The van der Waals surface area contributed by atoms with Crippen molar-refractivity contribution < 1.29 is 23.5 Å². The van der Waals surface area contributed by atoms with Crippen molar-refractivity contribution in [3.63, 3.8) is 0 Å². The summed E-state index contributed by atoms with van der Waals surface area (Å²) >= 11 is 1.01. The molecular formula is C15H15FN2O4S. The molecule has 1 aromatic carbocycles. The molecule has 2 rings (SSSR count). The van der Waals surface area contributed by atoms with Gasteiger partial charge < -0.3 is 9.47 Å². The van der Waals surface area contributed by atoms with E-state index in [0.717, 1.165) is 17.4 Å². The number of carbonyl (C=O) groups excluding carboxylic acids is 2. The van der Waals surface area contributed by atoms with Crippen molar-refractivity contribution in [3.05, 3.63) is 40.2 Å². The molecule has 6 nitrogen and oxygen atoms in total. The molecule has 1 aromatic heterocycles. The van der Waals surface area contributed by atoms with Crippen LogP contribution in [-0.2, 0) is 4.74 Å². The molecular weight excluding hydrogens is 323 g/mol. The quantitative estimate of drug-likeness (QED) is 0.848. The Kier molecular flexibility index (Phi) is 5.28. The van der Waals surface area contributed by atoms with Crippen LogP contribution < -0.4 is 10.1 Å². The Labute approximate surface area is 136 Å². The molecule has 0 spiro atoms. The molecule has 0 saturated heterocycles. The molecule has 0 saturated carbocycles. The normalized spacial score (nSPS) is 10.3. The molecule has 0 radical (unpaired) electrons. The monoisotopic (exact) mass is 338 g/mol. The standard InChI is InChI=1S/C15H15FN2O4S/c1-4-22-14(20)12-8(2)17-15(23-12)18-13(19)9-5-6-11(21-3)10(16)7-9/h5-7H,4H2,1-3H3,(H,17,18,19). The lowest BCUT2D eigenvalue weighted by Crippen LogP contribution is -2.12. The lowest BCUT2D eigenvalue weighted by molar-refractivity contribution is 0.0531. The maximum atomic E-state index is 13.6. The van der Waals surface area contributed by atoms with Gasteiger partial charge in [-0.3, -0.25) is 10.1 Å². The van der Waals surface area contributed by atoms with Gasteiger partial charge >= 0.3 is 5.97 Å². The number of rotatable bonds is 5. The first-order valence-corrected chi connectivity index (χ1v) is 7.57. The zero-order valence-corrected chi connectivity index (χ0v) is 13.6. The fourth-order valence-electron chi connectivity index (χ4n) is 1.81. The van der Waals surface area contributed by atoms with Crippen LogP contribution in [0.3, 0.4) is 0 Å². The Morgan fingerprint density at radius 3 is 2.74 bits per heavy atom.